The lowest BCUT2D eigenvalue weighted by Gasteiger charge is -2.19. The van der Waals surface area contributed by atoms with Crippen LogP contribution in [0.15, 0.2) is 59.2 Å². The number of carbonyl (C=O) groups is 5. The number of allylic oxidation sites excluding steroid dienone is 2. The summed E-state index contributed by atoms with van der Waals surface area (Å²) in [6.45, 7) is 6.56. The third kappa shape index (κ3) is 9.28. The van der Waals surface area contributed by atoms with E-state index in [-0.39, 0.29) is 55.0 Å². The molecule has 6 aromatic rings. The summed E-state index contributed by atoms with van der Waals surface area (Å²) in [7, 11) is 3.27. The van der Waals surface area contributed by atoms with Crippen molar-refractivity contribution in [3.63, 3.8) is 0 Å². The zero-order valence-corrected chi connectivity index (χ0v) is 36.7. The largest absolute Gasteiger partial charge is 0.495 e. The van der Waals surface area contributed by atoms with Crippen LogP contribution in [0.3, 0.4) is 0 Å². The molecule has 4 aromatic heterocycles. The third-order valence-electron chi connectivity index (χ3n) is 10.5. The number of hydrogen-bond acceptors (Lipinski definition) is 13. The maximum atomic E-state index is 13.8. The summed E-state index contributed by atoms with van der Waals surface area (Å²) in [6, 6.07) is 7.15. The van der Waals surface area contributed by atoms with Gasteiger partial charge in [-0.2, -0.15) is 11.8 Å². The third-order valence-corrected chi connectivity index (χ3v) is 11.1. The predicted octanol–water partition coefficient (Wildman–Crippen LogP) is 5.12. The Kier molecular flexibility index (Phi) is 13.2. The average molecular weight is 877 g/mol. The Balaban J connectivity index is 1.19. The fourth-order valence-corrected chi connectivity index (χ4v) is 7.89. The van der Waals surface area contributed by atoms with E-state index in [0.29, 0.717) is 65.9 Å². The van der Waals surface area contributed by atoms with Crippen LogP contribution in [-0.4, -0.2) is 109 Å². The lowest BCUT2D eigenvalue weighted by molar-refractivity contribution is -0.138. The van der Waals surface area contributed by atoms with Crippen LogP contribution in [0.1, 0.15) is 63.7 Å². The number of aryl methyl sites for hydroxylation is 3. The summed E-state index contributed by atoms with van der Waals surface area (Å²) in [6.07, 6.45) is 11.0. The molecule has 3 N–H and O–H groups in total. The number of rotatable bonds is 19. The normalized spacial score (nSPS) is 12.8. The van der Waals surface area contributed by atoms with Gasteiger partial charge in [-0.05, 0) is 55.9 Å². The molecule has 0 unspecified atom stereocenters. The summed E-state index contributed by atoms with van der Waals surface area (Å²) in [5.74, 6) is 0.510. The van der Waals surface area contributed by atoms with Crippen LogP contribution >= 0.6 is 11.8 Å². The van der Waals surface area contributed by atoms with Gasteiger partial charge in [0.05, 0.1) is 36.2 Å². The number of benzene rings is 2. The van der Waals surface area contributed by atoms with Crippen molar-refractivity contribution >= 4 is 80.2 Å². The molecule has 0 aliphatic carbocycles. The Labute approximate surface area is 366 Å². The van der Waals surface area contributed by atoms with E-state index in [4.69, 9.17) is 29.6 Å². The highest BCUT2D eigenvalue weighted by atomic mass is 32.2. The molecule has 19 heteroatoms. The van der Waals surface area contributed by atoms with Gasteiger partial charge < -0.3 is 33.7 Å². The van der Waals surface area contributed by atoms with E-state index in [0.717, 1.165) is 32.4 Å². The van der Waals surface area contributed by atoms with Gasteiger partial charge in [0.2, 0.25) is 23.5 Å². The van der Waals surface area contributed by atoms with Crippen molar-refractivity contribution in [1.29, 1.82) is 0 Å². The number of nitrogens with zero attached hydrogens (tertiary/aromatic N) is 8. The van der Waals surface area contributed by atoms with Crippen molar-refractivity contribution in [2.24, 2.45) is 5.73 Å². The molecule has 7 rings (SSSR count). The Hall–Kier alpha value is -7.02. The van der Waals surface area contributed by atoms with Gasteiger partial charge >= 0.3 is 0 Å². The van der Waals surface area contributed by atoms with Crippen LogP contribution in [0.25, 0.3) is 33.0 Å². The topological polar surface area (TPSA) is 223 Å². The zero-order valence-electron chi connectivity index (χ0n) is 35.9. The van der Waals surface area contributed by atoms with Gasteiger partial charge in [-0.1, -0.05) is 19.1 Å². The first-order valence-electron chi connectivity index (χ1n) is 20.3. The molecule has 0 bridgehead atoms. The number of oxazole rings is 1. The first-order chi connectivity index (χ1) is 30.3. The summed E-state index contributed by atoms with van der Waals surface area (Å²) in [5.41, 5.74) is 9.89. The molecule has 63 heavy (non-hydrogen) atoms. The quantitative estimate of drug-likeness (QED) is 0.0613. The number of aromatic nitrogens is 6. The fraction of sp³-hybridized carbons (Fsp3) is 0.341. The Morgan fingerprint density at radius 3 is 2.41 bits per heavy atom. The van der Waals surface area contributed by atoms with Gasteiger partial charge in [0.15, 0.2) is 5.89 Å². The fourth-order valence-electron chi connectivity index (χ4n) is 7.49. The minimum absolute atomic E-state index is 0.0185. The van der Waals surface area contributed by atoms with Crippen LogP contribution in [0, 0.1) is 13.8 Å². The second-order valence-corrected chi connectivity index (χ2v) is 15.8. The number of amides is 5. The molecule has 0 fully saturated rings. The minimum atomic E-state index is -0.705. The Bertz CT molecular complexity index is 2820. The van der Waals surface area contributed by atoms with Crippen LogP contribution in [0.5, 0.6) is 11.5 Å². The van der Waals surface area contributed by atoms with Crippen molar-refractivity contribution in [3.8, 4) is 11.5 Å². The number of fused-ring (bicyclic) bond motifs is 4. The Morgan fingerprint density at radius 1 is 0.968 bits per heavy atom. The molecule has 18 nitrogen and oxygen atoms in total. The molecule has 5 heterocycles. The number of thioether (sulfide) groups is 1. The lowest BCUT2D eigenvalue weighted by Crippen LogP contribution is -2.36. The van der Waals surface area contributed by atoms with E-state index in [1.807, 2.05) is 44.5 Å². The molecule has 1 aliphatic rings. The number of hydrogen-bond donors (Lipinski definition) is 2. The number of imide groups is 1. The molecule has 1 aliphatic heterocycles. The van der Waals surface area contributed by atoms with Gasteiger partial charge in [0.1, 0.15) is 28.5 Å². The summed E-state index contributed by atoms with van der Waals surface area (Å²) in [4.78, 5) is 84.2. The number of primary amides is 1. The highest BCUT2D eigenvalue weighted by Crippen LogP contribution is 2.36. The lowest BCUT2D eigenvalue weighted by atomic mass is 10.1. The van der Waals surface area contributed by atoms with E-state index < -0.39 is 23.6 Å². The van der Waals surface area contributed by atoms with Crippen molar-refractivity contribution < 1.29 is 37.9 Å². The smallest absolute Gasteiger partial charge is 0.295 e. The van der Waals surface area contributed by atoms with E-state index in [1.54, 1.807) is 37.4 Å². The summed E-state index contributed by atoms with van der Waals surface area (Å²) >= 11 is 1.64. The molecule has 0 radical (unpaired) electrons. The highest BCUT2D eigenvalue weighted by molar-refractivity contribution is 7.97. The number of methoxy groups -OCH3 is 1. The number of carbonyl (C=O) groups excluding carboxylic acids is 5. The number of nitrogens with two attached hydrogens (primary N) is 1. The van der Waals surface area contributed by atoms with Gasteiger partial charge in [-0.25, -0.2) is 19.9 Å². The standard InChI is InChI=1S/C44H48N10O8S/c1-7-30-40(62-26(3)47-30)43(59)50-44-48-31-21-27(41(45)58)22-33(61-18-10-14-51(4)35(55)13-17-52-36(56)11-12-37(52)57)39(31)54(44)16-9-8-15-53-38-28(19-25(2)20-32(38)60-5)29-23-46-34(24-63-6)49-42(29)53/h8-9,11-12,19-23H,7,10,13-18,24H2,1-6H3,(H2,45,58)(H,48,50,59)/b9-8+. The second kappa shape index (κ2) is 18.9. The van der Waals surface area contributed by atoms with Gasteiger partial charge in [0.25, 0.3) is 17.7 Å². The predicted molar refractivity (Wildman–Crippen MR) is 238 cm³/mol. The molecule has 0 atom stereocenters. The van der Waals surface area contributed by atoms with E-state index >= 15 is 0 Å². The van der Waals surface area contributed by atoms with E-state index in [1.165, 1.54) is 29.2 Å². The first-order valence-corrected chi connectivity index (χ1v) is 21.7. The van der Waals surface area contributed by atoms with Crippen molar-refractivity contribution in [2.75, 3.05) is 45.4 Å². The first kappa shape index (κ1) is 44.0. The molecule has 328 valence electrons. The van der Waals surface area contributed by atoms with E-state index in [2.05, 4.69) is 25.9 Å². The number of imidazole rings is 1. The molecule has 5 amide bonds. The maximum Gasteiger partial charge on any atom is 0.295 e. The van der Waals surface area contributed by atoms with Crippen LogP contribution in [0.2, 0.25) is 0 Å². The highest BCUT2D eigenvalue weighted by Gasteiger charge is 2.26. The van der Waals surface area contributed by atoms with Crippen molar-refractivity contribution in [1.82, 2.24) is 38.9 Å². The molecule has 0 saturated carbocycles. The number of nitrogens with one attached hydrogen (secondary N) is 1. The average Bonchev–Trinajstić information content (AvgIpc) is 4.00. The number of ether oxygens (including phenoxy) is 2. The van der Waals surface area contributed by atoms with Gasteiger partial charge in [-0.15, -0.1) is 0 Å². The van der Waals surface area contributed by atoms with Gasteiger partial charge in [0, 0.05) is 81.3 Å². The van der Waals surface area contributed by atoms with Gasteiger partial charge in [-0.3, -0.25) is 34.2 Å². The number of anilines is 1. The molecular formula is C44H48N10O8S. The maximum absolute atomic E-state index is 13.8. The van der Waals surface area contributed by atoms with Crippen molar-refractivity contribution in [2.45, 2.75) is 58.9 Å². The molecule has 0 spiro atoms. The van der Waals surface area contributed by atoms with Crippen LogP contribution in [0.4, 0.5) is 5.95 Å². The Morgan fingerprint density at radius 2 is 1.71 bits per heavy atom. The van der Waals surface area contributed by atoms with Crippen LogP contribution < -0.4 is 20.5 Å². The molecular weight excluding hydrogens is 829 g/mol. The summed E-state index contributed by atoms with van der Waals surface area (Å²) < 4.78 is 21.7. The molecule has 0 saturated heterocycles. The minimum Gasteiger partial charge on any atom is -0.495 e. The van der Waals surface area contributed by atoms with E-state index in [9.17, 15) is 24.0 Å². The van der Waals surface area contributed by atoms with Crippen molar-refractivity contribution in [3.05, 3.63) is 89.1 Å². The van der Waals surface area contributed by atoms with Crippen LogP contribution in [-0.2, 0) is 39.6 Å². The monoisotopic (exact) mass is 876 g/mol. The SMILES string of the molecule is CCc1nc(C)oc1C(=O)Nc1nc2cc(C(N)=O)cc(OCCCN(C)C(=O)CCN3C(=O)C=CC3=O)c2n1C/C=C/Cn1c2nc(CSC)ncc2c2cc(C)cc(OC)c21. The molecule has 2 aromatic carbocycles. The summed E-state index contributed by atoms with van der Waals surface area (Å²) in [5, 5.41) is 4.77. The zero-order chi connectivity index (χ0) is 44.9. The second-order valence-electron chi connectivity index (χ2n) is 14.9.